The van der Waals surface area contributed by atoms with Gasteiger partial charge in [-0.1, -0.05) is 6.07 Å². The average molecular weight is 256 g/mol. The van der Waals surface area contributed by atoms with Crippen LogP contribution in [0, 0.1) is 6.92 Å². The Morgan fingerprint density at radius 3 is 3.00 bits per heavy atom. The molecule has 2 rings (SSSR count). The number of hydrogen-bond acceptors (Lipinski definition) is 3. The van der Waals surface area contributed by atoms with Crippen LogP contribution in [0.4, 0.5) is 0 Å². The standard InChI is InChI=1S/C13H18ClNO2/c1-10-11(8-14)5-6-13(15-10)17-9-12-4-2-3-7-16-12/h5-6,12H,2-4,7-9H2,1H3. The second kappa shape index (κ2) is 6.22. The second-order valence-corrected chi connectivity index (χ2v) is 4.59. The van der Waals surface area contributed by atoms with Gasteiger partial charge in [-0.05, 0) is 31.7 Å². The Balaban J connectivity index is 1.87. The van der Waals surface area contributed by atoms with Gasteiger partial charge in [0.15, 0.2) is 0 Å². The molecule has 1 fully saturated rings. The number of hydrogen-bond donors (Lipinski definition) is 0. The predicted molar refractivity (Wildman–Crippen MR) is 67.6 cm³/mol. The number of rotatable bonds is 4. The Bertz CT molecular complexity index is 364. The third kappa shape index (κ3) is 3.58. The molecule has 1 saturated heterocycles. The zero-order valence-electron chi connectivity index (χ0n) is 10.1. The fourth-order valence-corrected chi connectivity index (χ4v) is 2.19. The summed E-state index contributed by atoms with van der Waals surface area (Å²) < 4.78 is 11.2. The van der Waals surface area contributed by atoms with E-state index in [1.54, 1.807) is 0 Å². The smallest absolute Gasteiger partial charge is 0.213 e. The van der Waals surface area contributed by atoms with Gasteiger partial charge in [0.1, 0.15) is 6.61 Å². The Kier molecular flexibility index (Phi) is 4.63. The summed E-state index contributed by atoms with van der Waals surface area (Å²) in [5.74, 6) is 1.15. The fourth-order valence-electron chi connectivity index (χ4n) is 1.91. The fraction of sp³-hybridized carbons (Fsp3) is 0.615. The molecule has 2 heterocycles. The van der Waals surface area contributed by atoms with Crippen LogP contribution in [0.5, 0.6) is 5.88 Å². The summed E-state index contributed by atoms with van der Waals surface area (Å²) in [5.41, 5.74) is 1.98. The van der Waals surface area contributed by atoms with Crippen molar-refractivity contribution in [1.82, 2.24) is 4.98 Å². The molecule has 17 heavy (non-hydrogen) atoms. The summed E-state index contributed by atoms with van der Waals surface area (Å²) in [4.78, 5) is 4.37. The summed E-state index contributed by atoms with van der Waals surface area (Å²) in [6.07, 6.45) is 3.70. The molecule has 0 amide bonds. The van der Waals surface area contributed by atoms with Gasteiger partial charge in [-0.3, -0.25) is 0 Å². The minimum atomic E-state index is 0.221. The predicted octanol–water partition coefficient (Wildman–Crippen LogP) is 3.08. The summed E-state index contributed by atoms with van der Waals surface area (Å²) in [5, 5.41) is 0. The molecule has 1 atom stereocenters. The molecule has 1 aliphatic heterocycles. The van der Waals surface area contributed by atoms with E-state index in [1.807, 2.05) is 19.1 Å². The molecular weight excluding hydrogens is 238 g/mol. The molecule has 3 nitrogen and oxygen atoms in total. The van der Waals surface area contributed by atoms with Gasteiger partial charge in [-0.15, -0.1) is 11.6 Å². The van der Waals surface area contributed by atoms with Crippen molar-refractivity contribution in [3.8, 4) is 5.88 Å². The summed E-state index contributed by atoms with van der Waals surface area (Å²) in [6.45, 7) is 3.39. The van der Waals surface area contributed by atoms with Crippen molar-refractivity contribution in [2.24, 2.45) is 0 Å². The zero-order valence-corrected chi connectivity index (χ0v) is 10.9. The monoisotopic (exact) mass is 255 g/mol. The van der Waals surface area contributed by atoms with Crippen molar-refractivity contribution in [2.75, 3.05) is 13.2 Å². The number of halogens is 1. The minimum Gasteiger partial charge on any atom is -0.475 e. The van der Waals surface area contributed by atoms with Crippen molar-refractivity contribution < 1.29 is 9.47 Å². The number of pyridine rings is 1. The van der Waals surface area contributed by atoms with Crippen LogP contribution in [-0.4, -0.2) is 24.3 Å². The van der Waals surface area contributed by atoms with E-state index in [0.717, 1.165) is 30.7 Å². The maximum Gasteiger partial charge on any atom is 0.213 e. The number of nitrogens with zero attached hydrogens (tertiary/aromatic N) is 1. The molecule has 4 heteroatoms. The minimum absolute atomic E-state index is 0.221. The molecule has 94 valence electrons. The van der Waals surface area contributed by atoms with E-state index >= 15 is 0 Å². The molecule has 0 N–H and O–H groups in total. The van der Waals surface area contributed by atoms with Crippen LogP contribution in [0.15, 0.2) is 12.1 Å². The van der Waals surface area contributed by atoms with E-state index in [0.29, 0.717) is 18.4 Å². The van der Waals surface area contributed by atoms with Crippen molar-refractivity contribution in [3.05, 3.63) is 23.4 Å². The van der Waals surface area contributed by atoms with Gasteiger partial charge in [-0.2, -0.15) is 0 Å². The van der Waals surface area contributed by atoms with Crippen LogP contribution in [0.2, 0.25) is 0 Å². The Labute approximate surface area is 107 Å². The van der Waals surface area contributed by atoms with Crippen LogP contribution < -0.4 is 4.74 Å². The third-order valence-electron chi connectivity index (χ3n) is 3.00. The number of aryl methyl sites for hydroxylation is 1. The number of aromatic nitrogens is 1. The molecule has 0 spiro atoms. The van der Waals surface area contributed by atoms with Crippen LogP contribution in [0.25, 0.3) is 0 Å². The lowest BCUT2D eigenvalue weighted by Crippen LogP contribution is -2.26. The maximum atomic E-state index is 5.78. The van der Waals surface area contributed by atoms with Gasteiger partial charge in [-0.25, -0.2) is 4.98 Å². The molecule has 1 unspecified atom stereocenters. The topological polar surface area (TPSA) is 31.4 Å². The van der Waals surface area contributed by atoms with Gasteiger partial charge in [0.2, 0.25) is 5.88 Å². The molecule has 1 aromatic heterocycles. The van der Waals surface area contributed by atoms with Crippen molar-refractivity contribution in [1.29, 1.82) is 0 Å². The van der Waals surface area contributed by atoms with Crippen LogP contribution >= 0.6 is 11.6 Å². The first-order valence-electron chi connectivity index (χ1n) is 6.06. The van der Waals surface area contributed by atoms with Crippen molar-refractivity contribution >= 4 is 11.6 Å². The SMILES string of the molecule is Cc1nc(OCC2CCCCO2)ccc1CCl. The highest BCUT2D eigenvalue weighted by atomic mass is 35.5. The Morgan fingerprint density at radius 2 is 2.35 bits per heavy atom. The molecule has 1 aliphatic rings. The normalized spacial score (nSPS) is 20.2. The largest absolute Gasteiger partial charge is 0.475 e. The molecule has 0 bridgehead atoms. The van der Waals surface area contributed by atoms with Gasteiger partial charge in [0.05, 0.1) is 6.10 Å². The van der Waals surface area contributed by atoms with Crippen LogP contribution in [0.3, 0.4) is 0 Å². The lowest BCUT2D eigenvalue weighted by Gasteiger charge is -2.22. The highest BCUT2D eigenvalue weighted by Gasteiger charge is 2.14. The van der Waals surface area contributed by atoms with E-state index in [-0.39, 0.29) is 6.10 Å². The van der Waals surface area contributed by atoms with Crippen molar-refractivity contribution in [3.63, 3.8) is 0 Å². The molecule has 0 aromatic carbocycles. The first kappa shape index (κ1) is 12.7. The zero-order chi connectivity index (χ0) is 12.1. The molecule has 1 aromatic rings. The van der Waals surface area contributed by atoms with Crippen molar-refractivity contribution in [2.45, 2.75) is 38.2 Å². The molecular formula is C13H18ClNO2. The van der Waals surface area contributed by atoms with Gasteiger partial charge in [0.25, 0.3) is 0 Å². The second-order valence-electron chi connectivity index (χ2n) is 4.33. The van der Waals surface area contributed by atoms with Crippen LogP contribution in [0.1, 0.15) is 30.5 Å². The lowest BCUT2D eigenvalue weighted by molar-refractivity contribution is -0.0119. The Hall–Kier alpha value is -0.800. The summed E-state index contributed by atoms with van der Waals surface area (Å²) in [6, 6.07) is 3.83. The Morgan fingerprint density at radius 1 is 1.47 bits per heavy atom. The van der Waals surface area contributed by atoms with Gasteiger partial charge in [0, 0.05) is 24.2 Å². The number of ether oxygens (including phenoxy) is 2. The van der Waals surface area contributed by atoms with Gasteiger partial charge >= 0.3 is 0 Å². The molecule has 0 radical (unpaired) electrons. The quantitative estimate of drug-likeness (QED) is 0.775. The van der Waals surface area contributed by atoms with Crippen LogP contribution in [-0.2, 0) is 10.6 Å². The lowest BCUT2D eigenvalue weighted by atomic mass is 10.1. The van der Waals surface area contributed by atoms with Gasteiger partial charge < -0.3 is 9.47 Å². The van der Waals surface area contributed by atoms with E-state index < -0.39 is 0 Å². The highest BCUT2D eigenvalue weighted by Crippen LogP contribution is 2.17. The highest BCUT2D eigenvalue weighted by molar-refractivity contribution is 6.17. The summed E-state index contributed by atoms with van der Waals surface area (Å²) >= 11 is 5.78. The maximum absolute atomic E-state index is 5.78. The number of alkyl halides is 1. The molecule has 0 saturated carbocycles. The summed E-state index contributed by atoms with van der Waals surface area (Å²) in [7, 11) is 0. The third-order valence-corrected chi connectivity index (χ3v) is 3.29. The van der Waals surface area contributed by atoms with E-state index in [2.05, 4.69) is 4.98 Å². The van der Waals surface area contributed by atoms with E-state index in [1.165, 1.54) is 6.42 Å². The first-order valence-corrected chi connectivity index (χ1v) is 6.60. The van der Waals surface area contributed by atoms with E-state index in [9.17, 15) is 0 Å². The van der Waals surface area contributed by atoms with E-state index in [4.69, 9.17) is 21.1 Å². The molecule has 0 aliphatic carbocycles. The first-order chi connectivity index (χ1) is 8.29. The average Bonchev–Trinajstić information content (AvgIpc) is 2.38.